The van der Waals surface area contributed by atoms with Gasteiger partial charge in [0.25, 0.3) is 0 Å². The van der Waals surface area contributed by atoms with Crippen molar-refractivity contribution in [2.75, 3.05) is 7.11 Å². The second-order valence-corrected chi connectivity index (χ2v) is 5.98. The minimum atomic E-state index is -0.0222. The van der Waals surface area contributed by atoms with Gasteiger partial charge in [-0.25, -0.2) is 4.98 Å². The average molecular weight is 282 g/mol. The van der Waals surface area contributed by atoms with Crippen molar-refractivity contribution in [1.82, 2.24) is 9.97 Å². The molecular formula is C17H18N2O2. The number of hydrogen-bond acceptors (Lipinski definition) is 4. The third-order valence-electron chi connectivity index (χ3n) is 3.42. The van der Waals surface area contributed by atoms with Gasteiger partial charge in [0.05, 0.1) is 12.7 Å². The number of ether oxygens (including phenoxy) is 1. The lowest BCUT2D eigenvalue weighted by molar-refractivity contribution is 0.397. The zero-order valence-corrected chi connectivity index (χ0v) is 12.7. The van der Waals surface area contributed by atoms with Crippen LogP contribution >= 0.6 is 0 Å². The molecule has 0 fully saturated rings. The lowest BCUT2D eigenvalue weighted by atomic mass is 9.85. The summed E-state index contributed by atoms with van der Waals surface area (Å²) < 4.78 is 11.4. The summed E-state index contributed by atoms with van der Waals surface area (Å²) in [4.78, 5) is 8.67. The molecule has 21 heavy (non-hydrogen) atoms. The molecule has 0 aliphatic rings. The van der Waals surface area contributed by atoms with Crippen LogP contribution in [0.25, 0.3) is 22.7 Å². The largest absolute Gasteiger partial charge is 0.496 e. The number of aromatic nitrogens is 2. The summed E-state index contributed by atoms with van der Waals surface area (Å²) in [7, 11) is 1.68. The highest BCUT2D eigenvalue weighted by molar-refractivity contribution is 5.75. The summed E-state index contributed by atoms with van der Waals surface area (Å²) in [6.45, 7) is 6.47. The number of rotatable bonds is 2. The summed E-state index contributed by atoms with van der Waals surface area (Å²) in [6.07, 6.45) is 1.71. The topological polar surface area (TPSA) is 48.2 Å². The minimum Gasteiger partial charge on any atom is -0.496 e. The fourth-order valence-electron chi connectivity index (χ4n) is 2.40. The Bertz CT molecular complexity index is 752. The first-order valence-corrected chi connectivity index (χ1v) is 6.90. The van der Waals surface area contributed by atoms with E-state index in [1.165, 1.54) is 0 Å². The highest BCUT2D eigenvalue weighted by Crippen LogP contribution is 2.39. The molecule has 2 heterocycles. The van der Waals surface area contributed by atoms with E-state index in [1.807, 2.05) is 24.3 Å². The molecule has 4 nitrogen and oxygen atoms in total. The van der Waals surface area contributed by atoms with E-state index in [2.05, 4.69) is 36.8 Å². The van der Waals surface area contributed by atoms with E-state index in [4.69, 9.17) is 9.15 Å². The second-order valence-electron chi connectivity index (χ2n) is 5.98. The fraction of sp³-hybridized carbons (Fsp3) is 0.294. The zero-order chi connectivity index (χ0) is 15.0. The molecule has 0 amide bonds. The molecule has 0 saturated heterocycles. The van der Waals surface area contributed by atoms with Crippen LogP contribution in [0.3, 0.4) is 0 Å². The summed E-state index contributed by atoms with van der Waals surface area (Å²) >= 11 is 0. The number of hydrogen-bond donors (Lipinski definition) is 0. The normalized spacial score (nSPS) is 11.8. The first-order chi connectivity index (χ1) is 10.0. The Balaban J connectivity index is 2.22. The minimum absolute atomic E-state index is 0.0222. The summed E-state index contributed by atoms with van der Waals surface area (Å²) in [5.41, 5.74) is 3.23. The smallest absolute Gasteiger partial charge is 0.232 e. The van der Waals surface area contributed by atoms with Crippen LogP contribution < -0.4 is 4.74 Å². The molecule has 0 N–H and O–H groups in total. The predicted octanol–water partition coefficient (Wildman–Crippen LogP) is 4.20. The number of benzene rings is 1. The number of fused-ring (bicyclic) bond motifs is 1. The average Bonchev–Trinajstić information content (AvgIpc) is 2.89. The molecule has 0 atom stereocenters. The van der Waals surface area contributed by atoms with Gasteiger partial charge in [-0.1, -0.05) is 32.9 Å². The van der Waals surface area contributed by atoms with Crippen molar-refractivity contribution in [3.8, 4) is 17.2 Å². The molecule has 0 aliphatic carbocycles. The zero-order valence-electron chi connectivity index (χ0n) is 12.7. The molecule has 1 aromatic carbocycles. The number of para-hydroxylation sites is 1. The van der Waals surface area contributed by atoms with E-state index in [-0.39, 0.29) is 5.41 Å². The van der Waals surface area contributed by atoms with E-state index >= 15 is 0 Å². The Morgan fingerprint density at radius 2 is 1.90 bits per heavy atom. The van der Waals surface area contributed by atoms with Crippen molar-refractivity contribution in [1.29, 1.82) is 0 Å². The van der Waals surface area contributed by atoms with E-state index in [0.717, 1.165) is 16.9 Å². The van der Waals surface area contributed by atoms with Gasteiger partial charge in [-0.2, -0.15) is 4.98 Å². The van der Waals surface area contributed by atoms with Gasteiger partial charge in [0.15, 0.2) is 11.2 Å². The molecule has 0 unspecified atom stereocenters. The van der Waals surface area contributed by atoms with E-state index in [0.29, 0.717) is 17.1 Å². The molecule has 3 rings (SSSR count). The molecule has 0 saturated carbocycles. The molecule has 0 bridgehead atoms. The maximum Gasteiger partial charge on any atom is 0.232 e. The highest BCUT2D eigenvalue weighted by atomic mass is 16.5. The van der Waals surface area contributed by atoms with E-state index < -0.39 is 0 Å². The second kappa shape index (κ2) is 4.88. The van der Waals surface area contributed by atoms with Crippen LogP contribution in [-0.4, -0.2) is 17.1 Å². The summed E-state index contributed by atoms with van der Waals surface area (Å²) in [6, 6.07) is 9.72. The fourth-order valence-corrected chi connectivity index (χ4v) is 2.40. The van der Waals surface area contributed by atoms with Crippen molar-refractivity contribution in [3.63, 3.8) is 0 Å². The Labute approximate surface area is 123 Å². The molecule has 0 radical (unpaired) electrons. The Morgan fingerprint density at radius 1 is 1.10 bits per heavy atom. The van der Waals surface area contributed by atoms with E-state index in [1.54, 1.807) is 13.3 Å². The van der Waals surface area contributed by atoms with Crippen LogP contribution in [0.2, 0.25) is 0 Å². The SMILES string of the molecule is COc1c(-c2nc3ncccc3o2)cccc1C(C)(C)C. The van der Waals surface area contributed by atoms with Crippen LogP contribution in [0.15, 0.2) is 40.9 Å². The maximum atomic E-state index is 5.81. The molecule has 4 heteroatoms. The third kappa shape index (κ3) is 2.37. The van der Waals surface area contributed by atoms with Gasteiger partial charge in [0.1, 0.15) is 5.75 Å². The van der Waals surface area contributed by atoms with Crippen molar-refractivity contribution in [3.05, 3.63) is 42.1 Å². The van der Waals surface area contributed by atoms with Crippen LogP contribution in [0.4, 0.5) is 0 Å². The molecule has 2 aromatic heterocycles. The molecule has 0 aliphatic heterocycles. The maximum absolute atomic E-state index is 5.81. The van der Waals surface area contributed by atoms with Crippen molar-refractivity contribution in [2.45, 2.75) is 26.2 Å². The van der Waals surface area contributed by atoms with Crippen LogP contribution in [0.1, 0.15) is 26.3 Å². The first-order valence-electron chi connectivity index (χ1n) is 6.90. The van der Waals surface area contributed by atoms with Crippen molar-refractivity contribution < 1.29 is 9.15 Å². The standard InChI is InChI=1S/C17H18N2O2/c1-17(2,3)12-8-5-7-11(14(12)20-4)16-19-15-13(21-16)9-6-10-18-15/h5-10H,1-4H3. The highest BCUT2D eigenvalue weighted by Gasteiger charge is 2.23. The van der Waals surface area contributed by atoms with Gasteiger partial charge in [-0.05, 0) is 23.6 Å². The monoisotopic (exact) mass is 282 g/mol. The van der Waals surface area contributed by atoms with Crippen LogP contribution in [0, 0.1) is 0 Å². The lowest BCUT2D eigenvalue weighted by Crippen LogP contribution is -2.13. The van der Waals surface area contributed by atoms with Gasteiger partial charge < -0.3 is 9.15 Å². The summed E-state index contributed by atoms with van der Waals surface area (Å²) in [5.74, 6) is 1.34. The van der Waals surface area contributed by atoms with Gasteiger partial charge in [0.2, 0.25) is 5.89 Å². The van der Waals surface area contributed by atoms with E-state index in [9.17, 15) is 0 Å². The molecule has 3 aromatic rings. The number of methoxy groups -OCH3 is 1. The molecule has 0 spiro atoms. The molecular weight excluding hydrogens is 264 g/mol. The quantitative estimate of drug-likeness (QED) is 0.707. The third-order valence-corrected chi connectivity index (χ3v) is 3.42. The van der Waals surface area contributed by atoms with Crippen molar-refractivity contribution in [2.24, 2.45) is 0 Å². The first kappa shape index (κ1) is 13.6. The summed E-state index contributed by atoms with van der Waals surface area (Å²) in [5, 5.41) is 0. The number of pyridine rings is 1. The van der Waals surface area contributed by atoms with Gasteiger partial charge >= 0.3 is 0 Å². The Hall–Kier alpha value is -2.36. The van der Waals surface area contributed by atoms with Crippen molar-refractivity contribution >= 4 is 11.2 Å². The van der Waals surface area contributed by atoms with Gasteiger partial charge in [-0.3, -0.25) is 0 Å². The molecule has 108 valence electrons. The number of nitrogens with zero attached hydrogens (tertiary/aromatic N) is 2. The van der Waals surface area contributed by atoms with Crippen LogP contribution in [0.5, 0.6) is 5.75 Å². The van der Waals surface area contributed by atoms with Crippen LogP contribution in [-0.2, 0) is 5.41 Å². The van der Waals surface area contributed by atoms with Gasteiger partial charge in [-0.15, -0.1) is 0 Å². The lowest BCUT2D eigenvalue weighted by Gasteiger charge is -2.23. The Kier molecular flexibility index (Phi) is 3.16. The number of oxazole rings is 1. The Morgan fingerprint density at radius 3 is 2.57 bits per heavy atom. The predicted molar refractivity (Wildman–Crippen MR) is 82.5 cm³/mol. The van der Waals surface area contributed by atoms with Gasteiger partial charge in [0, 0.05) is 11.8 Å².